The number of carbonyl (C=O) groups excluding carboxylic acids is 1. The van der Waals surface area contributed by atoms with Crippen molar-refractivity contribution in [2.75, 3.05) is 18.0 Å². The Morgan fingerprint density at radius 2 is 1.96 bits per heavy atom. The van der Waals surface area contributed by atoms with Gasteiger partial charge in [-0.2, -0.15) is 4.98 Å². The number of para-hydroxylation sites is 3. The molecule has 8 heteroatoms. The first-order valence-corrected chi connectivity index (χ1v) is 9.45. The molecule has 0 saturated carbocycles. The van der Waals surface area contributed by atoms with Crippen LogP contribution >= 0.6 is 0 Å². The molecular weight excluding hydrogens is 356 g/mol. The van der Waals surface area contributed by atoms with Crippen molar-refractivity contribution < 1.29 is 9.21 Å². The zero-order chi connectivity index (χ0) is 18.9. The van der Waals surface area contributed by atoms with Crippen LogP contribution in [0.1, 0.15) is 12.8 Å². The van der Waals surface area contributed by atoms with E-state index >= 15 is 0 Å². The van der Waals surface area contributed by atoms with Crippen LogP contribution in [0.25, 0.3) is 22.1 Å². The van der Waals surface area contributed by atoms with Gasteiger partial charge >= 0.3 is 0 Å². The van der Waals surface area contributed by atoms with E-state index in [0.717, 1.165) is 41.5 Å². The SMILES string of the molecule is O=C(Cn1nnc2ccccc21)NC[C@H]1CCCN1c1nc2ccccc2o1. The molecular formula is C20H20N6O2. The summed E-state index contributed by atoms with van der Waals surface area (Å²) in [6.07, 6.45) is 2.04. The van der Waals surface area contributed by atoms with Gasteiger partial charge < -0.3 is 14.6 Å². The van der Waals surface area contributed by atoms with Gasteiger partial charge in [-0.05, 0) is 37.1 Å². The molecule has 2 aromatic carbocycles. The van der Waals surface area contributed by atoms with Crippen LogP contribution in [0.4, 0.5) is 6.01 Å². The van der Waals surface area contributed by atoms with Crippen LogP contribution in [0.5, 0.6) is 0 Å². The third-order valence-corrected chi connectivity index (χ3v) is 5.15. The summed E-state index contributed by atoms with van der Waals surface area (Å²) in [7, 11) is 0. The van der Waals surface area contributed by atoms with E-state index < -0.39 is 0 Å². The van der Waals surface area contributed by atoms with E-state index in [1.54, 1.807) is 4.68 Å². The topological polar surface area (TPSA) is 89.1 Å². The summed E-state index contributed by atoms with van der Waals surface area (Å²) in [5, 5.41) is 11.2. The number of benzene rings is 2. The standard InChI is InChI=1S/C20H20N6O2/c27-19(13-26-17-9-3-1-7-15(17)23-24-26)21-12-14-6-5-11-25(14)20-22-16-8-2-4-10-18(16)28-20/h1-4,7-10,14H,5-6,11-13H2,(H,21,27)/t14-/m1/s1. The summed E-state index contributed by atoms with van der Waals surface area (Å²) in [5.41, 5.74) is 3.27. The van der Waals surface area contributed by atoms with Gasteiger partial charge in [-0.25, -0.2) is 4.68 Å². The van der Waals surface area contributed by atoms with E-state index in [1.807, 2.05) is 48.5 Å². The van der Waals surface area contributed by atoms with E-state index in [1.165, 1.54) is 0 Å². The van der Waals surface area contributed by atoms with Gasteiger partial charge in [0.1, 0.15) is 17.6 Å². The van der Waals surface area contributed by atoms with Crippen molar-refractivity contribution in [2.45, 2.75) is 25.4 Å². The molecule has 1 fully saturated rings. The number of amides is 1. The first-order chi connectivity index (χ1) is 13.8. The Bertz CT molecular complexity index is 1100. The number of hydrogen-bond donors (Lipinski definition) is 1. The zero-order valence-corrected chi connectivity index (χ0v) is 15.3. The van der Waals surface area contributed by atoms with E-state index in [-0.39, 0.29) is 18.5 Å². The molecule has 2 aromatic heterocycles. The second kappa shape index (κ2) is 6.95. The normalized spacial score (nSPS) is 16.9. The van der Waals surface area contributed by atoms with Crippen molar-refractivity contribution in [3.05, 3.63) is 48.5 Å². The lowest BCUT2D eigenvalue weighted by molar-refractivity contribution is -0.121. The minimum atomic E-state index is -0.0833. The number of hydrogen-bond acceptors (Lipinski definition) is 6. The summed E-state index contributed by atoms with van der Waals surface area (Å²) >= 11 is 0. The molecule has 0 unspecified atom stereocenters. The molecule has 1 atom stereocenters. The molecule has 1 amide bonds. The van der Waals surface area contributed by atoms with Gasteiger partial charge in [-0.15, -0.1) is 5.10 Å². The smallest absolute Gasteiger partial charge is 0.298 e. The van der Waals surface area contributed by atoms with Crippen molar-refractivity contribution in [3.8, 4) is 0 Å². The van der Waals surface area contributed by atoms with Crippen LogP contribution < -0.4 is 10.2 Å². The van der Waals surface area contributed by atoms with Gasteiger partial charge in [0, 0.05) is 13.1 Å². The summed E-state index contributed by atoms with van der Waals surface area (Å²) in [5.74, 6) is -0.0833. The number of aromatic nitrogens is 4. The molecule has 4 aromatic rings. The lowest BCUT2D eigenvalue weighted by Gasteiger charge is -2.23. The van der Waals surface area contributed by atoms with Gasteiger partial charge in [0.15, 0.2) is 5.58 Å². The third kappa shape index (κ3) is 3.06. The monoisotopic (exact) mass is 376 g/mol. The van der Waals surface area contributed by atoms with Crippen LogP contribution in [-0.2, 0) is 11.3 Å². The minimum Gasteiger partial charge on any atom is -0.423 e. The number of nitrogens with zero attached hydrogens (tertiary/aromatic N) is 5. The van der Waals surface area contributed by atoms with E-state index in [0.29, 0.717) is 12.6 Å². The molecule has 1 aliphatic rings. The summed E-state index contributed by atoms with van der Waals surface area (Å²) in [4.78, 5) is 19.2. The molecule has 5 rings (SSSR count). The Morgan fingerprint density at radius 3 is 2.86 bits per heavy atom. The highest BCUT2D eigenvalue weighted by Gasteiger charge is 2.28. The Hall–Kier alpha value is -3.42. The minimum absolute atomic E-state index is 0.0833. The number of rotatable bonds is 5. The van der Waals surface area contributed by atoms with Crippen LogP contribution in [0, 0.1) is 0 Å². The fourth-order valence-electron chi connectivity index (χ4n) is 3.74. The van der Waals surface area contributed by atoms with Gasteiger partial charge in [0.25, 0.3) is 6.01 Å². The fraction of sp³-hybridized carbons (Fsp3) is 0.300. The summed E-state index contributed by atoms with van der Waals surface area (Å²) < 4.78 is 7.53. The van der Waals surface area contributed by atoms with E-state index in [4.69, 9.17) is 4.42 Å². The lowest BCUT2D eigenvalue weighted by Crippen LogP contribution is -2.41. The average Bonchev–Trinajstić information content (AvgIpc) is 3.44. The molecule has 3 heterocycles. The van der Waals surface area contributed by atoms with Gasteiger partial charge in [0.2, 0.25) is 5.91 Å². The van der Waals surface area contributed by atoms with Gasteiger partial charge in [0.05, 0.1) is 11.6 Å². The van der Waals surface area contributed by atoms with E-state index in [2.05, 4.69) is 25.5 Å². The molecule has 142 valence electrons. The average molecular weight is 376 g/mol. The molecule has 0 bridgehead atoms. The highest BCUT2D eigenvalue weighted by molar-refractivity contribution is 5.79. The maximum atomic E-state index is 12.4. The van der Waals surface area contributed by atoms with Gasteiger partial charge in [-0.3, -0.25) is 4.79 Å². The Kier molecular flexibility index (Phi) is 4.16. The fourth-order valence-corrected chi connectivity index (χ4v) is 3.74. The van der Waals surface area contributed by atoms with Crippen molar-refractivity contribution in [2.24, 2.45) is 0 Å². The van der Waals surface area contributed by atoms with Crippen LogP contribution in [-0.4, -0.2) is 45.0 Å². The van der Waals surface area contributed by atoms with Crippen molar-refractivity contribution in [3.63, 3.8) is 0 Å². The molecule has 1 aliphatic heterocycles. The van der Waals surface area contributed by atoms with Crippen molar-refractivity contribution in [1.29, 1.82) is 0 Å². The lowest BCUT2D eigenvalue weighted by atomic mass is 10.2. The molecule has 8 nitrogen and oxygen atoms in total. The predicted octanol–water partition coefficient (Wildman–Crippen LogP) is 2.36. The highest BCUT2D eigenvalue weighted by Crippen LogP contribution is 2.28. The zero-order valence-electron chi connectivity index (χ0n) is 15.3. The number of nitrogens with one attached hydrogen (secondary N) is 1. The molecule has 1 N–H and O–H groups in total. The van der Waals surface area contributed by atoms with Crippen molar-refractivity contribution in [1.82, 2.24) is 25.3 Å². The molecule has 0 spiro atoms. The number of oxazole rings is 1. The molecule has 0 radical (unpaired) electrons. The first-order valence-electron chi connectivity index (χ1n) is 9.45. The number of anilines is 1. The summed E-state index contributed by atoms with van der Waals surface area (Å²) in [6, 6.07) is 16.2. The van der Waals surface area contributed by atoms with Crippen molar-refractivity contribution >= 4 is 34.1 Å². The van der Waals surface area contributed by atoms with E-state index in [9.17, 15) is 4.79 Å². The molecule has 1 saturated heterocycles. The summed E-state index contributed by atoms with van der Waals surface area (Å²) in [6.45, 7) is 1.57. The number of fused-ring (bicyclic) bond motifs is 2. The third-order valence-electron chi connectivity index (χ3n) is 5.15. The maximum Gasteiger partial charge on any atom is 0.298 e. The Morgan fingerprint density at radius 1 is 1.14 bits per heavy atom. The highest BCUT2D eigenvalue weighted by atomic mass is 16.4. The quantitative estimate of drug-likeness (QED) is 0.575. The van der Waals surface area contributed by atoms with Crippen LogP contribution in [0.15, 0.2) is 52.9 Å². The van der Waals surface area contributed by atoms with Crippen LogP contribution in [0.2, 0.25) is 0 Å². The predicted molar refractivity (Wildman–Crippen MR) is 105 cm³/mol. The Balaban J connectivity index is 1.24. The van der Waals surface area contributed by atoms with Gasteiger partial charge in [-0.1, -0.05) is 29.5 Å². The second-order valence-electron chi connectivity index (χ2n) is 6.99. The molecule has 28 heavy (non-hydrogen) atoms. The van der Waals surface area contributed by atoms with Crippen LogP contribution in [0.3, 0.4) is 0 Å². The maximum absolute atomic E-state index is 12.4. The largest absolute Gasteiger partial charge is 0.423 e. The molecule has 0 aliphatic carbocycles. The second-order valence-corrected chi connectivity index (χ2v) is 6.99. The first kappa shape index (κ1) is 16.7. The number of carbonyl (C=O) groups is 1. The Labute approximate surface area is 161 Å².